The monoisotopic (exact) mass is 240 g/mol. The summed E-state index contributed by atoms with van der Waals surface area (Å²) in [6, 6.07) is 5.00. The summed E-state index contributed by atoms with van der Waals surface area (Å²) >= 11 is 1.86. The molecule has 0 spiro atoms. The molecule has 0 radical (unpaired) electrons. The van der Waals surface area contributed by atoms with Crippen molar-refractivity contribution in [2.24, 2.45) is 0 Å². The summed E-state index contributed by atoms with van der Waals surface area (Å²) in [6.45, 7) is 8.01. The van der Waals surface area contributed by atoms with Crippen molar-refractivity contribution in [3.8, 4) is 0 Å². The van der Waals surface area contributed by atoms with Gasteiger partial charge in [0.2, 0.25) is 0 Å². The minimum Gasteiger partial charge on any atom is -0.320 e. The van der Waals surface area contributed by atoms with Gasteiger partial charge in [0.25, 0.3) is 0 Å². The van der Waals surface area contributed by atoms with Crippen LogP contribution in [0.2, 0.25) is 0 Å². The van der Waals surface area contributed by atoms with Crippen LogP contribution in [-0.4, -0.2) is 31.1 Å². The van der Waals surface area contributed by atoms with Gasteiger partial charge in [-0.15, -0.1) is 11.3 Å². The zero-order valence-electron chi connectivity index (χ0n) is 10.7. The standard InChI is InChI=1S/C13H24N2S/c1-12(2)15(9-5-4-8-14-3)11-13-7-6-10-16-13/h6-7,10,12,14H,4-5,8-9,11H2,1-3H3. The molecule has 1 aromatic heterocycles. The van der Waals surface area contributed by atoms with Crippen LogP contribution in [0.4, 0.5) is 0 Å². The van der Waals surface area contributed by atoms with Crippen LogP contribution in [0, 0.1) is 0 Å². The average molecular weight is 240 g/mol. The van der Waals surface area contributed by atoms with Gasteiger partial charge in [-0.25, -0.2) is 0 Å². The summed E-state index contributed by atoms with van der Waals surface area (Å²) < 4.78 is 0. The van der Waals surface area contributed by atoms with Crippen molar-refractivity contribution in [1.82, 2.24) is 10.2 Å². The predicted molar refractivity (Wildman–Crippen MR) is 73.0 cm³/mol. The normalized spacial score (nSPS) is 11.6. The van der Waals surface area contributed by atoms with Crippen molar-refractivity contribution in [3.63, 3.8) is 0 Å². The van der Waals surface area contributed by atoms with E-state index in [0.717, 1.165) is 13.1 Å². The second-order valence-corrected chi connectivity index (χ2v) is 5.49. The van der Waals surface area contributed by atoms with E-state index in [4.69, 9.17) is 0 Å². The van der Waals surface area contributed by atoms with Crippen molar-refractivity contribution in [2.45, 2.75) is 39.3 Å². The van der Waals surface area contributed by atoms with E-state index < -0.39 is 0 Å². The SMILES string of the molecule is CNCCCCN(Cc1cccs1)C(C)C. The molecule has 1 rings (SSSR count). The van der Waals surface area contributed by atoms with E-state index >= 15 is 0 Å². The summed E-state index contributed by atoms with van der Waals surface area (Å²) in [4.78, 5) is 4.03. The molecule has 0 unspecified atom stereocenters. The predicted octanol–water partition coefficient (Wildman–Crippen LogP) is 2.96. The Kier molecular flexibility index (Phi) is 6.69. The fourth-order valence-electron chi connectivity index (χ4n) is 1.74. The minimum absolute atomic E-state index is 0.636. The average Bonchev–Trinajstić information content (AvgIpc) is 2.75. The lowest BCUT2D eigenvalue weighted by Gasteiger charge is -2.25. The minimum atomic E-state index is 0.636. The van der Waals surface area contributed by atoms with Gasteiger partial charge < -0.3 is 5.32 Å². The Bertz CT molecular complexity index is 257. The van der Waals surface area contributed by atoms with Gasteiger partial charge >= 0.3 is 0 Å². The number of hydrogen-bond donors (Lipinski definition) is 1. The Morgan fingerprint density at radius 2 is 2.19 bits per heavy atom. The molecule has 2 nitrogen and oxygen atoms in total. The first-order valence-electron chi connectivity index (χ1n) is 6.15. The number of nitrogens with one attached hydrogen (secondary N) is 1. The van der Waals surface area contributed by atoms with Gasteiger partial charge in [-0.3, -0.25) is 4.90 Å². The quantitative estimate of drug-likeness (QED) is 0.703. The van der Waals surface area contributed by atoms with Gasteiger partial charge in [-0.1, -0.05) is 6.07 Å². The Morgan fingerprint density at radius 3 is 2.75 bits per heavy atom. The van der Waals surface area contributed by atoms with Crippen LogP contribution in [0.1, 0.15) is 31.6 Å². The van der Waals surface area contributed by atoms with E-state index in [9.17, 15) is 0 Å². The maximum absolute atomic E-state index is 3.20. The Labute approximate surface area is 104 Å². The van der Waals surface area contributed by atoms with E-state index in [2.05, 4.69) is 41.6 Å². The maximum atomic E-state index is 3.20. The molecular weight excluding hydrogens is 216 g/mol. The first-order valence-corrected chi connectivity index (χ1v) is 7.03. The number of thiophene rings is 1. The molecule has 0 amide bonds. The molecule has 0 aliphatic rings. The molecule has 16 heavy (non-hydrogen) atoms. The molecule has 92 valence electrons. The Hall–Kier alpha value is -0.380. The van der Waals surface area contributed by atoms with Crippen molar-refractivity contribution >= 4 is 11.3 Å². The number of nitrogens with zero attached hydrogens (tertiary/aromatic N) is 1. The zero-order chi connectivity index (χ0) is 11.8. The van der Waals surface area contributed by atoms with Gasteiger partial charge in [0.1, 0.15) is 0 Å². The largest absolute Gasteiger partial charge is 0.320 e. The first-order chi connectivity index (χ1) is 7.74. The molecule has 0 bridgehead atoms. The van der Waals surface area contributed by atoms with Crippen LogP contribution < -0.4 is 5.32 Å². The lowest BCUT2D eigenvalue weighted by atomic mass is 10.2. The molecular formula is C13H24N2S. The van der Waals surface area contributed by atoms with Crippen LogP contribution in [0.3, 0.4) is 0 Å². The fraction of sp³-hybridized carbons (Fsp3) is 0.692. The first kappa shape index (κ1) is 13.7. The summed E-state index contributed by atoms with van der Waals surface area (Å²) in [5, 5.41) is 5.36. The summed E-state index contributed by atoms with van der Waals surface area (Å²) in [6.07, 6.45) is 2.55. The highest BCUT2D eigenvalue weighted by Crippen LogP contribution is 2.14. The second kappa shape index (κ2) is 7.82. The maximum Gasteiger partial charge on any atom is 0.0330 e. The second-order valence-electron chi connectivity index (χ2n) is 4.45. The van der Waals surface area contributed by atoms with Gasteiger partial charge in [0, 0.05) is 17.5 Å². The van der Waals surface area contributed by atoms with Gasteiger partial charge in [0.15, 0.2) is 0 Å². The van der Waals surface area contributed by atoms with Gasteiger partial charge in [-0.05, 0) is 58.3 Å². The molecule has 0 aliphatic carbocycles. The number of unbranched alkanes of at least 4 members (excludes halogenated alkanes) is 1. The molecule has 0 aromatic carbocycles. The van der Waals surface area contributed by atoms with Crippen LogP contribution in [0.25, 0.3) is 0 Å². The van der Waals surface area contributed by atoms with E-state index in [1.807, 2.05) is 18.4 Å². The van der Waals surface area contributed by atoms with Crippen LogP contribution in [0.15, 0.2) is 17.5 Å². The fourth-order valence-corrected chi connectivity index (χ4v) is 2.47. The number of hydrogen-bond acceptors (Lipinski definition) is 3. The highest BCUT2D eigenvalue weighted by molar-refractivity contribution is 7.09. The van der Waals surface area contributed by atoms with Crippen molar-refractivity contribution in [1.29, 1.82) is 0 Å². The molecule has 1 heterocycles. The molecule has 0 atom stereocenters. The van der Waals surface area contributed by atoms with E-state index in [0.29, 0.717) is 6.04 Å². The third-order valence-electron chi connectivity index (χ3n) is 2.79. The summed E-state index contributed by atoms with van der Waals surface area (Å²) in [7, 11) is 2.02. The van der Waals surface area contributed by atoms with Crippen LogP contribution in [-0.2, 0) is 6.54 Å². The molecule has 3 heteroatoms. The van der Waals surface area contributed by atoms with Crippen LogP contribution >= 0.6 is 11.3 Å². The summed E-state index contributed by atoms with van der Waals surface area (Å²) in [5.41, 5.74) is 0. The lowest BCUT2D eigenvalue weighted by molar-refractivity contribution is 0.210. The third kappa shape index (κ3) is 5.10. The molecule has 0 saturated heterocycles. The molecule has 0 aliphatic heterocycles. The number of rotatable bonds is 8. The van der Waals surface area contributed by atoms with Crippen molar-refractivity contribution in [3.05, 3.63) is 22.4 Å². The smallest absolute Gasteiger partial charge is 0.0330 e. The van der Waals surface area contributed by atoms with E-state index in [1.54, 1.807) is 0 Å². The Balaban J connectivity index is 2.30. The molecule has 1 N–H and O–H groups in total. The van der Waals surface area contributed by atoms with Gasteiger partial charge in [0.05, 0.1) is 0 Å². The van der Waals surface area contributed by atoms with Gasteiger partial charge in [-0.2, -0.15) is 0 Å². The highest BCUT2D eigenvalue weighted by Gasteiger charge is 2.09. The summed E-state index contributed by atoms with van der Waals surface area (Å²) in [5.74, 6) is 0. The molecule has 0 saturated carbocycles. The lowest BCUT2D eigenvalue weighted by Crippen LogP contribution is -2.31. The highest BCUT2D eigenvalue weighted by atomic mass is 32.1. The molecule has 1 aromatic rings. The Morgan fingerprint density at radius 1 is 1.38 bits per heavy atom. The topological polar surface area (TPSA) is 15.3 Å². The van der Waals surface area contributed by atoms with Crippen molar-refractivity contribution < 1.29 is 0 Å². The van der Waals surface area contributed by atoms with Crippen LogP contribution in [0.5, 0.6) is 0 Å². The van der Waals surface area contributed by atoms with E-state index in [-0.39, 0.29) is 0 Å². The zero-order valence-corrected chi connectivity index (χ0v) is 11.5. The van der Waals surface area contributed by atoms with E-state index in [1.165, 1.54) is 24.3 Å². The third-order valence-corrected chi connectivity index (χ3v) is 3.65. The van der Waals surface area contributed by atoms with Crippen molar-refractivity contribution in [2.75, 3.05) is 20.1 Å². The molecule has 0 fully saturated rings.